The zero-order valence-corrected chi connectivity index (χ0v) is 24.9. The van der Waals surface area contributed by atoms with E-state index >= 15 is 0 Å². The normalized spacial score (nSPS) is 25.4. The number of hydrogen-bond acceptors (Lipinski definition) is 6. The molecule has 4 unspecified atom stereocenters. The molecule has 8 nitrogen and oxygen atoms in total. The van der Waals surface area contributed by atoms with Gasteiger partial charge in [-0.05, 0) is 41.9 Å². The summed E-state index contributed by atoms with van der Waals surface area (Å²) in [6.45, 7) is 12.0. The fourth-order valence-corrected chi connectivity index (χ4v) is 7.84. The van der Waals surface area contributed by atoms with Gasteiger partial charge in [-0.2, -0.15) is 0 Å². The smallest absolute Gasteiger partial charge is 0.330 e. The number of aliphatic carboxylic acids is 1. The molecule has 38 heavy (non-hydrogen) atoms. The Morgan fingerprint density at radius 2 is 1.89 bits per heavy atom. The molecule has 10 heteroatoms. The first kappa shape index (κ1) is 28.4. The highest BCUT2D eigenvalue weighted by Crippen LogP contribution is 2.58. The van der Waals surface area contributed by atoms with Crippen molar-refractivity contribution < 1.29 is 24.3 Å². The van der Waals surface area contributed by atoms with Crippen molar-refractivity contribution in [1.82, 2.24) is 14.8 Å². The maximum atomic E-state index is 14.4. The maximum absolute atomic E-state index is 14.4. The molecule has 1 N–H and O–H groups in total. The highest BCUT2D eigenvalue weighted by molar-refractivity contribution is 9.10. The van der Waals surface area contributed by atoms with Gasteiger partial charge in [0.2, 0.25) is 11.8 Å². The van der Waals surface area contributed by atoms with Crippen molar-refractivity contribution in [2.24, 2.45) is 17.8 Å². The number of carbonyl (C=O) groups excluding carboxylic acids is 3. The summed E-state index contributed by atoms with van der Waals surface area (Å²) in [6.07, 6.45) is 2.15. The summed E-state index contributed by atoms with van der Waals surface area (Å²) in [7, 11) is 0. The molecule has 0 saturated carbocycles. The molecule has 0 spiro atoms. The van der Waals surface area contributed by atoms with Crippen LogP contribution in [-0.2, 0) is 19.8 Å². The Morgan fingerprint density at radius 3 is 2.39 bits per heavy atom. The number of imide groups is 1. The topological polar surface area (TPSA) is 108 Å². The van der Waals surface area contributed by atoms with Gasteiger partial charge in [0.1, 0.15) is 5.01 Å². The quantitative estimate of drug-likeness (QED) is 0.431. The van der Waals surface area contributed by atoms with Crippen LogP contribution in [0.3, 0.4) is 0 Å². The summed E-state index contributed by atoms with van der Waals surface area (Å²) in [5.74, 6) is -5.16. The van der Waals surface area contributed by atoms with Crippen LogP contribution in [0, 0.1) is 17.8 Å². The second-order valence-corrected chi connectivity index (χ2v) is 13.4. The summed E-state index contributed by atoms with van der Waals surface area (Å²) >= 11 is 4.85. The second-order valence-electron chi connectivity index (χ2n) is 11.6. The number of carboxylic acid groups (broad SMARTS) is 1. The number of rotatable bonds is 7. The molecule has 2 aliphatic rings. The lowest BCUT2D eigenvalue weighted by Gasteiger charge is -2.41. The molecule has 0 bridgehead atoms. The molecule has 4 atom stereocenters. The van der Waals surface area contributed by atoms with E-state index in [2.05, 4.69) is 41.7 Å². The summed E-state index contributed by atoms with van der Waals surface area (Å²) in [5.41, 5.74) is -0.808. The minimum absolute atomic E-state index is 0.0251. The highest BCUT2D eigenvalue weighted by Gasteiger charge is 2.73. The van der Waals surface area contributed by atoms with Gasteiger partial charge in [0.25, 0.3) is 5.91 Å². The largest absolute Gasteiger partial charge is 0.479 e. The summed E-state index contributed by atoms with van der Waals surface area (Å²) in [4.78, 5) is 62.2. The third-order valence-electron chi connectivity index (χ3n) is 7.49. The van der Waals surface area contributed by atoms with Crippen LogP contribution in [0.1, 0.15) is 81.4 Å². The number of aromatic nitrogens is 1. The third kappa shape index (κ3) is 4.39. The highest BCUT2D eigenvalue weighted by atomic mass is 79.9. The molecule has 3 amide bonds. The van der Waals surface area contributed by atoms with Crippen LogP contribution < -0.4 is 0 Å². The SMILES string of the molecule is CCCN1C(=O)C2C(c3nccs3)N(C(=O)c3ccc(C(C)(C)C)c(Br)c3)C(CC(C)C)(C(=O)O)C2C1=O. The number of likely N-dealkylation sites (tertiary alicyclic amines) is 2. The Balaban J connectivity index is 1.97. The maximum Gasteiger partial charge on any atom is 0.330 e. The Morgan fingerprint density at radius 1 is 1.21 bits per heavy atom. The molecule has 0 aliphatic carbocycles. The molecule has 204 valence electrons. The van der Waals surface area contributed by atoms with E-state index in [-0.39, 0.29) is 29.9 Å². The van der Waals surface area contributed by atoms with Crippen LogP contribution in [0.2, 0.25) is 0 Å². The molecule has 2 aromatic rings. The summed E-state index contributed by atoms with van der Waals surface area (Å²) < 4.78 is 0.729. The van der Waals surface area contributed by atoms with E-state index in [0.717, 1.165) is 10.0 Å². The predicted molar refractivity (Wildman–Crippen MR) is 148 cm³/mol. The average molecular weight is 605 g/mol. The molecule has 2 aliphatic heterocycles. The van der Waals surface area contributed by atoms with Crippen molar-refractivity contribution in [3.05, 3.63) is 50.4 Å². The van der Waals surface area contributed by atoms with Crippen molar-refractivity contribution >= 4 is 51.0 Å². The molecular formula is C28H34BrN3O5S. The van der Waals surface area contributed by atoms with Crippen molar-refractivity contribution in [1.29, 1.82) is 0 Å². The molecule has 1 aromatic heterocycles. The molecular weight excluding hydrogens is 570 g/mol. The van der Waals surface area contributed by atoms with E-state index < -0.39 is 47.1 Å². The van der Waals surface area contributed by atoms with E-state index in [1.165, 1.54) is 21.1 Å². The van der Waals surface area contributed by atoms with Crippen LogP contribution >= 0.6 is 27.3 Å². The van der Waals surface area contributed by atoms with Gasteiger partial charge in [-0.1, -0.05) is 63.5 Å². The van der Waals surface area contributed by atoms with Crippen LogP contribution in [0.25, 0.3) is 0 Å². The van der Waals surface area contributed by atoms with Crippen molar-refractivity contribution in [2.45, 2.75) is 71.4 Å². The summed E-state index contributed by atoms with van der Waals surface area (Å²) in [5, 5.41) is 13.0. The predicted octanol–water partition coefficient (Wildman–Crippen LogP) is 5.28. The van der Waals surface area contributed by atoms with E-state index in [1.807, 2.05) is 26.8 Å². The Kier molecular flexibility index (Phi) is 7.62. The van der Waals surface area contributed by atoms with Gasteiger partial charge in [-0.15, -0.1) is 11.3 Å². The van der Waals surface area contributed by atoms with Crippen molar-refractivity contribution in [2.75, 3.05) is 6.54 Å². The Hall–Kier alpha value is -2.59. The Labute approximate surface area is 235 Å². The van der Waals surface area contributed by atoms with E-state index in [4.69, 9.17) is 0 Å². The van der Waals surface area contributed by atoms with Gasteiger partial charge in [-0.25, -0.2) is 9.78 Å². The Bertz CT molecular complexity index is 1270. The number of fused-ring (bicyclic) bond motifs is 1. The minimum atomic E-state index is -1.91. The first-order chi connectivity index (χ1) is 17.8. The zero-order chi connectivity index (χ0) is 28.2. The second kappa shape index (κ2) is 10.2. The third-order valence-corrected chi connectivity index (χ3v) is 8.99. The molecule has 3 heterocycles. The van der Waals surface area contributed by atoms with Crippen LogP contribution in [0.15, 0.2) is 34.2 Å². The number of thiazole rings is 1. The minimum Gasteiger partial charge on any atom is -0.479 e. The van der Waals surface area contributed by atoms with E-state index in [1.54, 1.807) is 23.7 Å². The lowest BCUT2D eigenvalue weighted by Crippen LogP contribution is -2.60. The van der Waals surface area contributed by atoms with Crippen LogP contribution in [0.4, 0.5) is 0 Å². The summed E-state index contributed by atoms with van der Waals surface area (Å²) in [6, 6.07) is 4.28. The first-order valence-electron chi connectivity index (χ1n) is 12.9. The average Bonchev–Trinajstić information content (AvgIpc) is 3.50. The fraction of sp³-hybridized carbons (Fsp3) is 0.536. The molecule has 1 aromatic carbocycles. The van der Waals surface area contributed by atoms with Crippen LogP contribution in [0.5, 0.6) is 0 Å². The van der Waals surface area contributed by atoms with Crippen molar-refractivity contribution in [3.8, 4) is 0 Å². The number of carboxylic acids is 1. The molecule has 2 saturated heterocycles. The lowest BCUT2D eigenvalue weighted by molar-refractivity contribution is -0.157. The van der Waals surface area contributed by atoms with E-state index in [0.29, 0.717) is 11.4 Å². The number of halogens is 1. The van der Waals surface area contributed by atoms with Gasteiger partial charge >= 0.3 is 5.97 Å². The molecule has 2 fully saturated rings. The molecule has 0 radical (unpaired) electrons. The van der Waals surface area contributed by atoms with Gasteiger partial charge in [0, 0.05) is 28.2 Å². The van der Waals surface area contributed by atoms with Gasteiger partial charge < -0.3 is 10.0 Å². The number of benzene rings is 1. The van der Waals surface area contributed by atoms with E-state index in [9.17, 15) is 24.3 Å². The van der Waals surface area contributed by atoms with Gasteiger partial charge in [0.05, 0.1) is 17.9 Å². The zero-order valence-electron chi connectivity index (χ0n) is 22.5. The van der Waals surface area contributed by atoms with Crippen LogP contribution in [-0.4, -0.2) is 55.7 Å². The molecule has 4 rings (SSSR count). The lowest BCUT2D eigenvalue weighted by atomic mass is 9.75. The fourth-order valence-electron chi connectivity index (χ4n) is 6.09. The standard InChI is InChI=1S/C28H34BrN3O5S/c1-7-11-31-24(34)19-20(25(31)35)28(26(36)37,14-15(2)3)32(21(19)22-30-10-12-38-22)23(33)16-8-9-17(18(29)13-16)27(4,5)6/h8-10,12-13,15,19-21H,7,11,14H2,1-6H3,(H,36,37). The number of nitrogens with zero attached hydrogens (tertiary/aromatic N) is 3. The number of hydrogen-bond donors (Lipinski definition) is 1. The first-order valence-corrected chi connectivity index (χ1v) is 14.6. The van der Waals surface area contributed by atoms with Crippen molar-refractivity contribution in [3.63, 3.8) is 0 Å². The number of amides is 3. The number of carbonyl (C=O) groups is 4. The van der Waals surface area contributed by atoms with Gasteiger partial charge in [0.15, 0.2) is 5.54 Å². The monoisotopic (exact) mass is 603 g/mol. The van der Waals surface area contributed by atoms with Gasteiger partial charge in [-0.3, -0.25) is 19.3 Å².